The number of carboxylic acids is 1. The number of benzene rings is 1. The molecule has 1 heterocycles. The number of aliphatic carboxylic acids is 1. The molecule has 23 heavy (non-hydrogen) atoms. The summed E-state index contributed by atoms with van der Waals surface area (Å²) in [5, 5.41) is 12.9. The molecular weight excluding hydrogens is 327 g/mol. The summed E-state index contributed by atoms with van der Waals surface area (Å²) in [6.45, 7) is 4.30. The van der Waals surface area contributed by atoms with Crippen LogP contribution in [0.25, 0.3) is 0 Å². The Labute approximate surface area is 132 Å². The van der Waals surface area contributed by atoms with Crippen LogP contribution in [0, 0.1) is 26.6 Å². The van der Waals surface area contributed by atoms with Crippen molar-refractivity contribution in [3.05, 3.63) is 46.6 Å². The molecule has 0 amide bonds. The molecule has 9 heteroatoms. The van der Waals surface area contributed by atoms with Gasteiger partial charge in [-0.15, -0.1) is 0 Å². The highest BCUT2D eigenvalue weighted by Crippen LogP contribution is 2.23. The lowest BCUT2D eigenvalue weighted by Crippen LogP contribution is -2.34. The van der Waals surface area contributed by atoms with E-state index in [1.54, 1.807) is 0 Å². The Morgan fingerprint density at radius 3 is 2.48 bits per heavy atom. The summed E-state index contributed by atoms with van der Waals surface area (Å²) < 4.78 is 45.1. The van der Waals surface area contributed by atoms with Crippen molar-refractivity contribution in [1.82, 2.24) is 9.88 Å². The molecule has 2 rings (SSSR count). The van der Waals surface area contributed by atoms with Gasteiger partial charge in [0, 0.05) is 0 Å². The van der Waals surface area contributed by atoms with Gasteiger partial charge in [-0.05, 0) is 38.0 Å². The average Bonchev–Trinajstić information content (AvgIpc) is 2.79. The first-order valence-corrected chi connectivity index (χ1v) is 8.06. The van der Waals surface area contributed by atoms with E-state index < -0.39 is 27.9 Å². The molecule has 0 spiro atoms. The third-order valence-electron chi connectivity index (χ3n) is 3.27. The van der Waals surface area contributed by atoms with Crippen LogP contribution in [-0.2, 0) is 14.8 Å². The van der Waals surface area contributed by atoms with E-state index in [2.05, 4.69) is 9.88 Å². The van der Waals surface area contributed by atoms with Crippen molar-refractivity contribution in [2.24, 2.45) is 0 Å². The summed E-state index contributed by atoms with van der Waals surface area (Å²) >= 11 is 0. The minimum Gasteiger partial charge on any atom is -0.480 e. The van der Waals surface area contributed by atoms with Gasteiger partial charge in [0.1, 0.15) is 22.4 Å². The Morgan fingerprint density at radius 2 is 2.00 bits per heavy atom. The number of aryl methyl sites for hydroxylation is 3. The third-order valence-corrected chi connectivity index (χ3v) is 4.94. The second kappa shape index (κ2) is 6.09. The number of aromatic nitrogens is 1. The second-order valence-corrected chi connectivity index (χ2v) is 6.71. The Hall–Kier alpha value is -2.26. The number of nitrogens with zero attached hydrogens (tertiary/aromatic N) is 1. The van der Waals surface area contributed by atoms with Crippen LogP contribution in [0.5, 0.6) is 0 Å². The molecule has 2 N–H and O–H groups in total. The Bertz CT molecular complexity index is 841. The number of sulfonamides is 1. The van der Waals surface area contributed by atoms with E-state index in [1.807, 2.05) is 0 Å². The fourth-order valence-corrected chi connectivity index (χ4v) is 3.69. The number of rotatable bonds is 5. The first kappa shape index (κ1) is 17.1. The van der Waals surface area contributed by atoms with E-state index in [1.165, 1.54) is 32.9 Å². The Kier molecular flexibility index (Phi) is 4.53. The molecule has 1 atom stereocenters. The van der Waals surface area contributed by atoms with Crippen LogP contribution in [0.3, 0.4) is 0 Å². The van der Waals surface area contributed by atoms with Crippen LogP contribution in [0.1, 0.15) is 28.6 Å². The summed E-state index contributed by atoms with van der Waals surface area (Å²) in [5.74, 6) is -1.87. The highest BCUT2D eigenvalue weighted by atomic mass is 32.2. The van der Waals surface area contributed by atoms with E-state index >= 15 is 0 Å². The smallest absolute Gasteiger partial charge is 0.326 e. The summed E-state index contributed by atoms with van der Waals surface area (Å²) in [7, 11) is -4.17. The third kappa shape index (κ3) is 3.40. The van der Waals surface area contributed by atoms with Gasteiger partial charge in [0.2, 0.25) is 10.0 Å². The van der Waals surface area contributed by atoms with Crippen molar-refractivity contribution in [2.75, 3.05) is 0 Å². The van der Waals surface area contributed by atoms with Crippen molar-refractivity contribution in [3.63, 3.8) is 0 Å². The molecule has 0 aliphatic heterocycles. The second-order valence-electron chi connectivity index (χ2n) is 5.05. The van der Waals surface area contributed by atoms with Crippen LogP contribution < -0.4 is 4.72 Å². The predicted octanol–water partition coefficient (Wildman–Crippen LogP) is 1.84. The zero-order valence-corrected chi connectivity index (χ0v) is 13.4. The lowest BCUT2D eigenvalue weighted by atomic mass is 10.1. The predicted molar refractivity (Wildman–Crippen MR) is 77.8 cm³/mol. The molecular formula is C14H15FN2O5S. The first-order chi connectivity index (χ1) is 10.6. The monoisotopic (exact) mass is 342 g/mol. The minimum absolute atomic E-state index is 0.0504. The number of nitrogens with one attached hydrogen (secondary N) is 1. The number of carboxylic acid groups (broad SMARTS) is 1. The van der Waals surface area contributed by atoms with Gasteiger partial charge in [-0.3, -0.25) is 4.79 Å². The number of hydrogen-bond acceptors (Lipinski definition) is 5. The number of hydrogen-bond donors (Lipinski definition) is 2. The zero-order chi connectivity index (χ0) is 17.4. The first-order valence-electron chi connectivity index (χ1n) is 6.57. The molecule has 1 aromatic heterocycles. The van der Waals surface area contributed by atoms with Crippen LogP contribution in [0.2, 0.25) is 0 Å². The van der Waals surface area contributed by atoms with Crippen molar-refractivity contribution >= 4 is 16.0 Å². The maximum Gasteiger partial charge on any atom is 0.326 e. The highest BCUT2D eigenvalue weighted by Gasteiger charge is 2.31. The van der Waals surface area contributed by atoms with Crippen LogP contribution in [0.15, 0.2) is 27.6 Å². The van der Waals surface area contributed by atoms with Crippen LogP contribution >= 0.6 is 0 Å². The standard InChI is InChI=1S/C14H15FN2O5S/c1-7-6-10(4-5-11(7)15)12(14(18)19)17-23(20,21)13-8(2)16-22-9(13)3/h4-6,12,17H,1-3H3,(H,18,19). The quantitative estimate of drug-likeness (QED) is 0.858. The molecule has 0 saturated carbocycles. The van der Waals surface area contributed by atoms with Gasteiger partial charge in [0.05, 0.1) is 0 Å². The molecule has 2 aromatic rings. The topological polar surface area (TPSA) is 110 Å². The number of carbonyl (C=O) groups is 1. The van der Waals surface area contributed by atoms with Crippen molar-refractivity contribution in [3.8, 4) is 0 Å². The van der Waals surface area contributed by atoms with Crippen LogP contribution in [-0.4, -0.2) is 24.7 Å². The molecule has 0 saturated heterocycles. The summed E-state index contributed by atoms with van der Waals surface area (Å²) in [5.41, 5.74) is 0.450. The van der Waals surface area contributed by atoms with Gasteiger partial charge >= 0.3 is 5.97 Å². The van der Waals surface area contributed by atoms with Gasteiger partial charge in [0.15, 0.2) is 5.76 Å². The molecule has 0 fully saturated rings. The molecule has 1 unspecified atom stereocenters. The van der Waals surface area contributed by atoms with Gasteiger partial charge in [0.25, 0.3) is 0 Å². The zero-order valence-electron chi connectivity index (χ0n) is 12.6. The maximum absolute atomic E-state index is 13.3. The average molecular weight is 342 g/mol. The summed E-state index contributed by atoms with van der Waals surface area (Å²) in [6, 6.07) is 2.03. The van der Waals surface area contributed by atoms with Gasteiger partial charge in [-0.1, -0.05) is 17.3 Å². The SMILES string of the molecule is Cc1cc(C(NS(=O)(=O)c2c(C)noc2C)C(=O)O)ccc1F. The molecule has 0 aliphatic carbocycles. The van der Waals surface area contributed by atoms with E-state index in [9.17, 15) is 22.7 Å². The van der Waals surface area contributed by atoms with E-state index in [-0.39, 0.29) is 27.5 Å². The largest absolute Gasteiger partial charge is 0.480 e. The summed E-state index contributed by atoms with van der Waals surface area (Å²) in [6.07, 6.45) is 0. The van der Waals surface area contributed by atoms with Gasteiger partial charge < -0.3 is 9.63 Å². The maximum atomic E-state index is 13.3. The highest BCUT2D eigenvalue weighted by molar-refractivity contribution is 7.89. The van der Waals surface area contributed by atoms with Crippen molar-refractivity contribution in [1.29, 1.82) is 0 Å². The van der Waals surface area contributed by atoms with Crippen molar-refractivity contribution < 1.29 is 27.2 Å². The van der Waals surface area contributed by atoms with Gasteiger partial charge in [-0.2, -0.15) is 4.72 Å². The van der Waals surface area contributed by atoms with Crippen LogP contribution in [0.4, 0.5) is 4.39 Å². The molecule has 0 bridgehead atoms. The summed E-state index contributed by atoms with van der Waals surface area (Å²) in [4.78, 5) is 11.2. The van der Waals surface area contributed by atoms with E-state index in [0.29, 0.717) is 0 Å². The van der Waals surface area contributed by atoms with Crippen molar-refractivity contribution in [2.45, 2.75) is 31.7 Å². The van der Waals surface area contributed by atoms with E-state index in [0.717, 1.165) is 6.07 Å². The molecule has 7 nitrogen and oxygen atoms in total. The molecule has 1 aromatic carbocycles. The normalized spacial score (nSPS) is 13.0. The lowest BCUT2D eigenvalue weighted by Gasteiger charge is -2.15. The fraction of sp³-hybridized carbons (Fsp3) is 0.286. The lowest BCUT2D eigenvalue weighted by molar-refractivity contribution is -0.139. The van der Waals surface area contributed by atoms with Gasteiger partial charge in [-0.25, -0.2) is 12.8 Å². The molecule has 0 radical (unpaired) electrons. The number of halogens is 1. The van der Waals surface area contributed by atoms with E-state index in [4.69, 9.17) is 4.52 Å². The Balaban J connectivity index is 2.44. The molecule has 124 valence electrons. The Morgan fingerprint density at radius 1 is 1.35 bits per heavy atom. The fourth-order valence-electron chi connectivity index (χ4n) is 2.18. The minimum atomic E-state index is -4.17. The molecule has 0 aliphatic rings.